The van der Waals surface area contributed by atoms with Crippen LogP contribution in [0.15, 0.2) is 30.5 Å². The third-order valence-corrected chi connectivity index (χ3v) is 2.75. The highest BCUT2D eigenvalue weighted by Crippen LogP contribution is 2.27. The van der Waals surface area contributed by atoms with E-state index in [1.807, 2.05) is 0 Å². The normalized spacial score (nSPS) is 10.4. The van der Waals surface area contributed by atoms with Crippen molar-refractivity contribution in [2.75, 3.05) is 7.11 Å². The molecule has 1 heterocycles. The minimum absolute atomic E-state index is 0.324. The van der Waals surface area contributed by atoms with Crippen LogP contribution in [0.5, 0.6) is 5.75 Å². The second kappa shape index (κ2) is 4.64. The minimum Gasteiger partial charge on any atom is -0.498 e. The number of aryl methyl sites for hydroxylation is 1. The molecule has 1 aromatic carbocycles. The lowest BCUT2D eigenvalue weighted by Crippen LogP contribution is -2.28. The fraction of sp³-hybridized carbons (Fsp3) is 0.143. The number of halogens is 2. The molecule has 2 nitrogen and oxygen atoms in total. The molecule has 0 spiro atoms. The molecule has 0 aliphatic carbocycles. The maximum Gasteiger partial charge on any atom is 0.127 e. The number of hydrogen-bond donors (Lipinski definition) is 0. The van der Waals surface area contributed by atoms with Gasteiger partial charge in [-0.15, -0.1) is 0 Å². The maximum atomic E-state index is 13.9. The molecule has 0 atom stereocenters. The Kier molecular flexibility index (Phi) is 3.19. The van der Waals surface area contributed by atoms with Crippen molar-refractivity contribution in [1.29, 1.82) is 0 Å². The average Bonchev–Trinajstić information content (AvgIpc) is 2.30. The van der Waals surface area contributed by atoms with Gasteiger partial charge in [-0.3, -0.25) is 0 Å². The van der Waals surface area contributed by atoms with E-state index >= 15 is 0 Å². The topological polar surface area (TPSA) is 13.1 Å². The van der Waals surface area contributed by atoms with Crippen LogP contribution in [0.4, 0.5) is 8.78 Å². The van der Waals surface area contributed by atoms with Gasteiger partial charge in [-0.05, 0) is 30.7 Å². The number of ether oxygens (including phenoxy) is 1. The third kappa shape index (κ3) is 2.14. The molecule has 0 aliphatic heterocycles. The van der Waals surface area contributed by atoms with E-state index in [-0.39, 0.29) is 0 Å². The molecular formula is C14H13F2NO. The predicted molar refractivity (Wildman–Crippen MR) is 64.0 cm³/mol. The van der Waals surface area contributed by atoms with E-state index in [0.717, 1.165) is 6.07 Å². The number of methoxy groups -OCH3 is 1. The summed E-state index contributed by atoms with van der Waals surface area (Å²) in [6.45, 7) is 1.65. The van der Waals surface area contributed by atoms with Crippen molar-refractivity contribution in [3.8, 4) is 17.0 Å². The summed E-state index contributed by atoms with van der Waals surface area (Å²) in [6.07, 6.45) is 1.66. The number of aromatic nitrogens is 1. The molecule has 0 aliphatic rings. The summed E-state index contributed by atoms with van der Waals surface area (Å²) in [5.74, 6) is -0.613. The summed E-state index contributed by atoms with van der Waals surface area (Å²) in [4.78, 5) is 0. The first-order valence-electron chi connectivity index (χ1n) is 5.39. The number of hydrogen-bond acceptors (Lipinski definition) is 1. The summed E-state index contributed by atoms with van der Waals surface area (Å²) < 4.78 is 33.6. The molecule has 2 aromatic rings. The van der Waals surface area contributed by atoms with E-state index in [1.54, 1.807) is 25.3 Å². The number of pyridine rings is 1. The maximum absolute atomic E-state index is 13.9. The Balaban J connectivity index is 2.68. The van der Waals surface area contributed by atoms with E-state index in [4.69, 9.17) is 4.74 Å². The first-order valence-corrected chi connectivity index (χ1v) is 5.39. The summed E-state index contributed by atoms with van der Waals surface area (Å²) in [5, 5.41) is 0. The smallest absolute Gasteiger partial charge is 0.127 e. The highest BCUT2D eigenvalue weighted by molar-refractivity contribution is 5.63. The molecule has 0 N–H and O–H groups in total. The van der Waals surface area contributed by atoms with Crippen LogP contribution in [0.25, 0.3) is 11.3 Å². The molecule has 2 rings (SSSR count). The number of rotatable bonds is 2. The molecule has 94 valence electrons. The largest absolute Gasteiger partial charge is 0.498 e. The van der Waals surface area contributed by atoms with Crippen molar-refractivity contribution < 1.29 is 18.1 Å². The van der Waals surface area contributed by atoms with Crippen LogP contribution in [-0.2, 0) is 0 Å². The van der Waals surface area contributed by atoms with Crippen LogP contribution in [0.3, 0.4) is 0 Å². The first-order chi connectivity index (χ1) is 8.52. The van der Waals surface area contributed by atoms with Gasteiger partial charge in [0.1, 0.15) is 23.1 Å². The lowest BCUT2D eigenvalue weighted by Gasteiger charge is -2.13. The van der Waals surface area contributed by atoms with E-state index < -0.39 is 11.6 Å². The highest BCUT2D eigenvalue weighted by atomic mass is 19.1. The average molecular weight is 249 g/mol. The molecule has 1 aromatic heterocycles. The summed E-state index contributed by atoms with van der Waals surface area (Å²) in [6, 6.07) is 5.53. The molecule has 4 heteroatoms. The van der Waals surface area contributed by atoms with Gasteiger partial charge in [0, 0.05) is 18.7 Å². The lowest BCUT2D eigenvalue weighted by atomic mass is 10.0. The molecular weight excluding hydrogens is 236 g/mol. The van der Waals surface area contributed by atoms with Crippen LogP contribution >= 0.6 is 0 Å². The highest BCUT2D eigenvalue weighted by Gasteiger charge is 2.14. The fourth-order valence-corrected chi connectivity index (χ4v) is 1.88. The van der Waals surface area contributed by atoms with Gasteiger partial charge < -0.3 is 9.30 Å². The quantitative estimate of drug-likeness (QED) is 0.589. The van der Waals surface area contributed by atoms with Crippen molar-refractivity contribution in [2.45, 2.75) is 6.92 Å². The first kappa shape index (κ1) is 12.4. The van der Waals surface area contributed by atoms with Gasteiger partial charge in [-0.1, -0.05) is 0 Å². The van der Waals surface area contributed by atoms with Crippen molar-refractivity contribution >= 4 is 0 Å². The summed E-state index contributed by atoms with van der Waals surface area (Å²) >= 11 is 0. The molecule has 0 amide bonds. The molecule has 0 bridgehead atoms. The van der Waals surface area contributed by atoms with Gasteiger partial charge in [0.25, 0.3) is 0 Å². The van der Waals surface area contributed by atoms with Crippen LogP contribution in [0.2, 0.25) is 0 Å². The van der Waals surface area contributed by atoms with E-state index in [2.05, 4.69) is 7.05 Å². The standard InChI is InChI=1S/C14H13F2NO/c1-9-6-10(15)7-12(16)14(9)13-8-11(18-3)4-5-17(13)2/h4-8H,2H2,1,3H3. The van der Waals surface area contributed by atoms with E-state index in [9.17, 15) is 8.78 Å². The summed E-state index contributed by atoms with van der Waals surface area (Å²) in [7, 11) is 5.31. The zero-order chi connectivity index (χ0) is 13.3. The second-order valence-corrected chi connectivity index (χ2v) is 4.00. The lowest BCUT2D eigenvalue weighted by molar-refractivity contribution is -0.600. The zero-order valence-electron chi connectivity index (χ0n) is 10.2. The number of nitrogens with zero attached hydrogens (tertiary/aromatic N) is 1. The van der Waals surface area contributed by atoms with Crippen LogP contribution in [0, 0.1) is 25.6 Å². The molecule has 0 fully saturated rings. The Bertz CT molecular complexity index is 573. The Morgan fingerprint density at radius 2 is 1.94 bits per heavy atom. The van der Waals surface area contributed by atoms with Gasteiger partial charge in [0.05, 0.1) is 13.3 Å². The Morgan fingerprint density at radius 3 is 2.56 bits per heavy atom. The third-order valence-electron chi connectivity index (χ3n) is 2.75. The van der Waals surface area contributed by atoms with E-state index in [1.165, 1.54) is 17.7 Å². The molecule has 0 saturated heterocycles. The molecule has 0 unspecified atom stereocenters. The Labute approximate surface area is 104 Å². The minimum atomic E-state index is -0.613. The fourth-order valence-electron chi connectivity index (χ4n) is 1.88. The van der Waals surface area contributed by atoms with Gasteiger partial charge in [0.15, 0.2) is 0 Å². The van der Waals surface area contributed by atoms with Crippen molar-refractivity contribution in [1.82, 2.24) is 0 Å². The van der Waals surface area contributed by atoms with Gasteiger partial charge in [-0.25, -0.2) is 8.78 Å². The Hall–Kier alpha value is -2.10. The SMILES string of the molecule is [CH2-][n+]1ccc(OC)cc1-c1c(C)cc(F)cc1F. The van der Waals surface area contributed by atoms with Gasteiger partial charge >= 0.3 is 0 Å². The van der Waals surface area contributed by atoms with Crippen molar-refractivity contribution in [2.24, 2.45) is 0 Å². The van der Waals surface area contributed by atoms with Gasteiger partial charge in [0.2, 0.25) is 0 Å². The van der Waals surface area contributed by atoms with Gasteiger partial charge in [-0.2, -0.15) is 0 Å². The van der Waals surface area contributed by atoms with Crippen molar-refractivity contribution in [3.05, 3.63) is 54.7 Å². The monoisotopic (exact) mass is 249 g/mol. The van der Waals surface area contributed by atoms with Crippen LogP contribution in [-0.4, -0.2) is 7.11 Å². The van der Waals surface area contributed by atoms with E-state index in [0.29, 0.717) is 22.6 Å². The Morgan fingerprint density at radius 1 is 1.22 bits per heavy atom. The molecule has 0 saturated carbocycles. The van der Waals surface area contributed by atoms with Crippen LogP contribution < -0.4 is 9.30 Å². The summed E-state index contributed by atoms with van der Waals surface area (Å²) in [5.41, 5.74) is 1.37. The zero-order valence-corrected chi connectivity index (χ0v) is 10.2. The number of benzene rings is 1. The van der Waals surface area contributed by atoms with Crippen LogP contribution in [0.1, 0.15) is 5.56 Å². The van der Waals surface area contributed by atoms with Crippen molar-refractivity contribution in [3.63, 3.8) is 0 Å². The second-order valence-electron chi connectivity index (χ2n) is 4.00. The molecule has 18 heavy (non-hydrogen) atoms. The predicted octanol–water partition coefficient (Wildman–Crippen LogP) is 2.88. The molecule has 0 radical (unpaired) electrons.